The topological polar surface area (TPSA) is 46.2 Å². The molecule has 0 aromatic carbocycles. The molecule has 1 fully saturated rings. The van der Waals surface area contributed by atoms with Crippen LogP contribution in [0.2, 0.25) is 0 Å². The largest absolute Gasteiger partial charge is 0.310 e. The summed E-state index contributed by atoms with van der Waals surface area (Å²) in [7, 11) is -2.81. The van der Waals surface area contributed by atoms with Crippen molar-refractivity contribution in [2.75, 3.05) is 18.1 Å². The van der Waals surface area contributed by atoms with Gasteiger partial charge in [-0.25, -0.2) is 8.42 Å². The lowest BCUT2D eigenvalue weighted by atomic mass is 10.0. The van der Waals surface area contributed by atoms with E-state index in [4.69, 9.17) is 6.42 Å². The summed E-state index contributed by atoms with van der Waals surface area (Å²) < 4.78 is 22.4. The highest BCUT2D eigenvalue weighted by Crippen LogP contribution is 2.22. The van der Waals surface area contributed by atoms with Gasteiger partial charge in [-0.1, -0.05) is 0 Å². The lowest BCUT2D eigenvalue weighted by Crippen LogP contribution is -2.43. The molecule has 0 aliphatic carbocycles. The predicted octanol–water partition coefficient (Wildman–Crippen LogP) is 0.176. The van der Waals surface area contributed by atoms with Crippen LogP contribution in [0.5, 0.6) is 0 Å². The van der Waals surface area contributed by atoms with E-state index in [0.29, 0.717) is 25.1 Å². The molecule has 1 aliphatic rings. The maximum Gasteiger partial charge on any atom is 0.152 e. The SMILES string of the molecule is C#CCCNC1(C)CCS(=O)(=O)C1. The van der Waals surface area contributed by atoms with Gasteiger partial charge in [0.25, 0.3) is 0 Å². The van der Waals surface area contributed by atoms with Crippen molar-refractivity contribution in [3.05, 3.63) is 0 Å². The molecule has 0 aromatic rings. The minimum Gasteiger partial charge on any atom is -0.310 e. The minimum absolute atomic E-state index is 0.241. The van der Waals surface area contributed by atoms with Crippen LogP contribution in [-0.4, -0.2) is 32.0 Å². The summed E-state index contributed by atoms with van der Waals surface area (Å²) in [4.78, 5) is 0. The predicted molar refractivity (Wildman–Crippen MR) is 53.1 cm³/mol. The van der Waals surface area contributed by atoms with Crippen LogP contribution in [0.1, 0.15) is 19.8 Å². The minimum atomic E-state index is -2.81. The third-order valence-corrected chi connectivity index (χ3v) is 4.23. The van der Waals surface area contributed by atoms with Crippen LogP contribution in [-0.2, 0) is 9.84 Å². The Kier molecular flexibility index (Phi) is 2.99. The Balaban J connectivity index is 2.47. The average Bonchev–Trinajstić information content (AvgIpc) is 2.27. The van der Waals surface area contributed by atoms with E-state index >= 15 is 0 Å². The Hall–Kier alpha value is -0.530. The van der Waals surface area contributed by atoms with E-state index in [-0.39, 0.29) is 11.3 Å². The van der Waals surface area contributed by atoms with Gasteiger partial charge in [-0.05, 0) is 13.3 Å². The summed E-state index contributed by atoms with van der Waals surface area (Å²) in [5.41, 5.74) is -0.254. The number of hydrogen-bond acceptors (Lipinski definition) is 3. The summed E-state index contributed by atoms with van der Waals surface area (Å²) in [5, 5.41) is 3.19. The van der Waals surface area contributed by atoms with E-state index in [1.807, 2.05) is 6.92 Å². The molecule has 74 valence electrons. The standard InChI is InChI=1S/C9H15NO2S/c1-3-4-6-10-9(2)5-7-13(11,12)8-9/h1,10H,4-8H2,2H3. The van der Waals surface area contributed by atoms with Crippen LogP contribution in [0, 0.1) is 12.3 Å². The van der Waals surface area contributed by atoms with E-state index in [2.05, 4.69) is 11.2 Å². The van der Waals surface area contributed by atoms with Crippen LogP contribution in [0.25, 0.3) is 0 Å². The smallest absolute Gasteiger partial charge is 0.152 e. The summed E-state index contributed by atoms with van der Waals surface area (Å²) in [6, 6.07) is 0. The molecule has 1 atom stereocenters. The van der Waals surface area contributed by atoms with Gasteiger partial charge in [-0.15, -0.1) is 12.3 Å². The zero-order valence-electron chi connectivity index (χ0n) is 7.84. The van der Waals surface area contributed by atoms with E-state index in [9.17, 15) is 8.42 Å². The molecule has 3 nitrogen and oxygen atoms in total. The first-order valence-corrected chi connectivity index (χ1v) is 6.18. The fourth-order valence-corrected chi connectivity index (χ4v) is 3.71. The third kappa shape index (κ3) is 3.02. The molecule has 0 spiro atoms. The Morgan fingerprint density at radius 3 is 2.77 bits per heavy atom. The molecule has 1 N–H and O–H groups in total. The van der Waals surface area contributed by atoms with Gasteiger partial charge in [-0.3, -0.25) is 0 Å². The molecule has 0 amide bonds. The molecular weight excluding hydrogens is 186 g/mol. The summed E-state index contributed by atoms with van der Waals surface area (Å²) >= 11 is 0. The second-order valence-corrected chi connectivity index (χ2v) is 5.97. The van der Waals surface area contributed by atoms with Crippen molar-refractivity contribution < 1.29 is 8.42 Å². The Bertz CT molecular complexity index is 315. The first-order chi connectivity index (χ1) is 5.97. The van der Waals surface area contributed by atoms with Gasteiger partial charge >= 0.3 is 0 Å². The first-order valence-electron chi connectivity index (χ1n) is 4.36. The Morgan fingerprint density at radius 1 is 1.62 bits per heavy atom. The maximum absolute atomic E-state index is 11.2. The highest BCUT2D eigenvalue weighted by molar-refractivity contribution is 7.91. The van der Waals surface area contributed by atoms with Gasteiger partial charge in [0.15, 0.2) is 9.84 Å². The normalized spacial score (nSPS) is 31.4. The van der Waals surface area contributed by atoms with Crippen LogP contribution in [0.3, 0.4) is 0 Å². The summed E-state index contributed by atoms with van der Waals surface area (Å²) in [5.74, 6) is 3.06. The van der Waals surface area contributed by atoms with E-state index in [1.165, 1.54) is 0 Å². The molecule has 0 saturated carbocycles. The molecule has 1 rings (SSSR count). The third-order valence-electron chi connectivity index (χ3n) is 2.32. The molecule has 0 bridgehead atoms. The van der Waals surface area contributed by atoms with Crippen molar-refractivity contribution in [3.63, 3.8) is 0 Å². The van der Waals surface area contributed by atoms with Crippen molar-refractivity contribution in [1.29, 1.82) is 0 Å². The van der Waals surface area contributed by atoms with Gasteiger partial charge in [-0.2, -0.15) is 0 Å². The lowest BCUT2D eigenvalue weighted by molar-refractivity contribution is 0.403. The van der Waals surface area contributed by atoms with Crippen LogP contribution >= 0.6 is 0 Å². The monoisotopic (exact) mass is 201 g/mol. The van der Waals surface area contributed by atoms with Crippen molar-refractivity contribution in [2.45, 2.75) is 25.3 Å². The molecule has 0 aromatic heterocycles. The van der Waals surface area contributed by atoms with Crippen LogP contribution in [0.4, 0.5) is 0 Å². The Morgan fingerprint density at radius 2 is 2.31 bits per heavy atom. The summed E-state index contributed by atoms with van der Waals surface area (Å²) in [6.07, 6.45) is 6.44. The number of terminal acetylenes is 1. The number of nitrogens with one attached hydrogen (secondary N) is 1. The van der Waals surface area contributed by atoms with Gasteiger partial charge in [0.05, 0.1) is 11.5 Å². The van der Waals surface area contributed by atoms with Crippen molar-refractivity contribution in [1.82, 2.24) is 5.32 Å². The number of hydrogen-bond donors (Lipinski definition) is 1. The Labute approximate surface area is 79.8 Å². The molecule has 1 aliphatic heterocycles. The maximum atomic E-state index is 11.2. The van der Waals surface area contributed by atoms with Gasteiger partial charge < -0.3 is 5.32 Å². The van der Waals surface area contributed by atoms with Crippen molar-refractivity contribution >= 4 is 9.84 Å². The number of rotatable bonds is 3. The zero-order valence-corrected chi connectivity index (χ0v) is 8.65. The lowest BCUT2D eigenvalue weighted by Gasteiger charge is -2.23. The average molecular weight is 201 g/mol. The molecule has 1 unspecified atom stereocenters. The highest BCUT2D eigenvalue weighted by Gasteiger charge is 2.37. The molecule has 4 heteroatoms. The fourth-order valence-electron chi connectivity index (χ4n) is 1.59. The first kappa shape index (κ1) is 10.6. The molecule has 1 saturated heterocycles. The van der Waals surface area contributed by atoms with Crippen LogP contribution in [0.15, 0.2) is 0 Å². The quantitative estimate of drug-likeness (QED) is 0.523. The fraction of sp³-hybridized carbons (Fsp3) is 0.778. The van der Waals surface area contributed by atoms with Gasteiger partial charge in [0, 0.05) is 18.5 Å². The van der Waals surface area contributed by atoms with E-state index in [1.54, 1.807) is 0 Å². The number of sulfone groups is 1. The molecule has 0 radical (unpaired) electrons. The second-order valence-electron chi connectivity index (χ2n) is 3.78. The summed E-state index contributed by atoms with van der Waals surface area (Å²) in [6.45, 7) is 2.64. The highest BCUT2D eigenvalue weighted by atomic mass is 32.2. The van der Waals surface area contributed by atoms with Gasteiger partial charge in [0.1, 0.15) is 0 Å². The molecule has 1 heterocycles. The molecular formula is C9H15NO2S. The van der Waals surface area contributed by atoms with Crippen molar-refractivity contribution in [2.24, 2.45) is 0 Å². The van der Waals surface area contributed by atoms with Crippen LogP contribution < -0.4 is 5.32 Å². The zero-order chi connectivity index (χ0) is 9.95. The second kappa shape index (κ2) is 3.69. The van der Waals surface area contributed by atoms with Gasteiger partial charge in [0.2, 0.25) is 0 Å². The van der Waals surface area contributed by atoms with Crippen molar-refractivity contribution in [3.8, 4) is 12.3 Å². The van der Waals surface area contributed by atoms with E-state index in [0.717, 1.165) is 0 Å². The molecule has 13 heavy (non-hydrogen) atoms. The van der Waals surface area contributed by atoms with E-state index < -0.39 is 9.84 Å².